The maximum absolute atomic E-state index is 12.2. The molecule has 0 bridgehead atoms. The van der Waals surface area contributed by atoms with E-state index >= 15 is 0 Å². The zero-order valence-electron chi connectivity index (χ0n) is 14.2. The van der Waals surface area contributed by atoms with Crippen molar-refractivity contribution >= 4 is 6.09 Å². The SMILES string of the molecule is CC(C)(C)OC(=O)NC(c1ccccc1)[C@@H]1[C@@H](CN)C1(C)C. The minimum absolute atomic E-state index is 0.0698. The van der Waals surface area contributed by atoms with E-state index in [1.54, 1.807) is 0 Å². The molecule has 0 spiro atoms. The molecule has 22 heavy (non-hydrogen) atoms. The summed E-state index contributed by atoms with van der Waals surface area (Å²) in [5.41, 5.74) is 6.63. The summed E-state index contributed by atoms with van der Waals surface area (Å²) in [5, 5.41) is 3.06. The molecule has 1 aliphatic rings. The normalized spacial score (nSPS) is 24.5. The number of carbonyl (C=O) groups excluding carboxylic acids is 1. The Balaban J connectivity index is 2.19. The fourth-order valence-corrected chi connectivity index (χ4v) is 3.37. The molecular weight excluding hydrogens is 276 g/mol. The van der Waals surface area contributed by atoms with Crippen molar-refractivity contribution in [3.8, 4) is 0 Å². The first-order chi connectivity index (χ1) is 10.2. The first kappa shape index (κ1) is 16.8. The van der Waals surface area contributed by atoms with Gasteiger partial charge in [-0.05, 0) is 50.1 Å². The topological polar surface area (TPSA) is 64.3 Å². The van der Waals surface area contributed by atoms with E-state index in [9.17, 15) is 4.79 Å². The van der Waals surface area contributed by atoms with E-state index in [1.165, 1.54) is 0 Å². The lowest BCUT2D eigenvalue weighted by molar-refractivity contribution is 0.0493. The molecule has 122 valence electrons. The summed E-state index contributed by atoms with van der Waals surface area (Å²) >= 11 is 0. The van der Waals surface area contributed by atoms with Gasteiger partial charge in [0, 0.05) is 0 Å². The van der Waals surface area contributed by atoms with E-state index < -0.39 is 5.60 Å². The molecule has 4 nitrogen and oxygen atoms in total. The molecule has 2 rings (SSSR count). The summed E-state index contributed by atoms with van der Waals surface area (Å²) in [6.07, 6.45) is -0.375. The molecule has 1 amide bonds. The molecule has 0 heterocycles. The molecule has 1 unspecified atom stereocenters. The Hall–Kier alpha value is -1.55. The number of nitrogens with two attached hydrogens (primary N) is 1. The Morgan fingerprint density at radius 3 is 2.36 bits per heavy atom. The van der Waals surface area contributed by atoms with Crippen molar-refractivity contribution in [2.75, 3.05) is 6.54 Å². The minimum atomic E-state index is -0.502. The Bertz CT molecular complexity index is 520. The van der Waals surface area contributed by atoms with E-state index in [4.69, 9.17) is 10.5 Å². The maximum Gasteiger partial charge on any atom is 0.408 e. The highest BCUT2D eigenvalue weighted by Crippen LogP contribution is 2.62. The number of amides is 1. The van der Waals surface area contributed by atoms with Crippen LogP contribution in [0.1, 0.15) is 46.2 Å². The lowest BCUT2D eigenvalue weighted by Crippen LogP contribution is -2.36. The van der Waals surface area contributed by atoms with Crippen molar-refractivity contribution in [3.63, 3.8) is 0 Å². The Kier molecular flexibility index (Phi) is 4.52. The van der Waals surface area contributed by atoms with Crippen LogP contribution in [0.15, 0.2) is 30.3 Å². The van der Waals surface area contributed by atoms with Gasteiger partial charge in [-0.2, -0.15) is 0 Å². The molecule has 1 fully saturated rings. The molecule has 3 atom stereocenters. The van der Waals surface area contributed by atoms with Gasteiger partial charge in [0.2, 0.25) is 0 Å². The van der Waals surface area contributed by atoms with Crippen LogP contribution < -0.4 is 11.1 Å². The van der Waals surface area contributed by atoms with Gasteiger partial charge in [0.25, 0.3) is 0 Å². The van der Waals surface area contributed by atoms with Gasteiger partial charge < -0.3 is 15.8 Å². The average Bonchev–Trinajstić information content (AvgIpc) is 2.96. The third-order valence-corrected chi connectivity index (χ3v) is 4.58. The number of benzene rings is 1. The number of nitrogens with one attached hydrogen (secondary N) is 1. The molecule has 1 aromatic rings. The standard InChI is InChI=1S/C18H28N2O2/c1-17(2,3)22-16(21)20-15(12-9-7-6-8-10-12)14-13(11-19)18(14,4)5/h6-10,13-15H,11,19H2,1-5H3,(H,20,21)/t13-,14+,15?/m1/s1. The highest BCUT2D eigenvalue weighted by atomic mass is 16.6. The Morgan fingerprint density at radius 2 is 1.91 bits per heavy atom. The van der Waals surface area contributed by atoms with Crippen LogP contribution in [0.3, 0.4) is 0 Å². The summed E-state index contributed by atoms with van der Waals surface area (Å²) in [6, 6.07) is 9.98. The molecule has 1 aromatic carbocycles. The Labute approximate surface area is 133 Å². The van der Waals surface area contributed by atoms with Crippen LogP contribution >= 0.6 is 0 Å². The van der Waals surface area contributed by atoms with Crippen molar-refractivity contribution in [2.45, 2.75) is 46.3 Å². The van der Waals surface area contributed by atoms with Crippen molar-refractivity contribution in [1.29, 1.82) is 0 Å². The van der Waals surface area contributed by atoms with Crippen LogP contribution in [-0.2, 0) is 4.74 Å². The van der Waals surface area contributed by atoms with Crippen LogP contribution in [0.25, 0.3) is 0 Å². The summed E-state index contributed by atoms with van der Waals surface area (Å²) in [4.78, 5) is 12.2. The number of alkyl carbamates (subject to hydrolysis) is 1. The van der Waals surface area contributed by atoms with Gasteiger partial charge in [-0.15, -0.1) is 0 Å². The van der Waals surface area contributed by atoms with Crippen LogP contribution in [-0.4, -0.2) is 18.2 Å². The van der Waals surface area contributed by atoms with Gasteiger partial charge in [-0.1, -0.05) is 44.2 Å². The average molecular weight is 304 g/mol. The van der Waals surface area contributed by atoms with Gasteiger partial charge in [0.1, 0.15) is 5.60 Å². The lowest BCUT2D eigenvalue weighted by atomic mass is 9.97. The fourth-order valence-electron chi connectivity index (χ4n) is 3.37. The zero-order valence-corrected chi connectivity index (χ0v) is 14.2. The second-order valence-electron chi connectivity index (χ2n) is 7.72. The minimum Gasteiger partial charge on any atom is -0.444 e. The second-order valence-corrected chi connectivity index (χ2v) is 7.72. The van der Waals surface area contributed by atoms with E-state index in [-0.39, 0.29) is 17.6 Å². The summed E-state index contributed by atoms with van der Waals surface area (Å²) < 4.78 is 5.42. The molecule has 0 saturated heterocycles. The van der Waals surface area contributed by atoms with E-state index in [2.05, 4.69) is 19.2 Å². The number of ether oxygens (including phenoxy) is 1. The molecule has 0 aromatic heterocycles. The summed E-state index contributed by atoms with van der Waals surface area (Å²) in [7, 11) is 0. The zero-order chi connectivity index (χ0) is 16.5. The van der Waals surface area contributed by atoms with Crippen molar-refractivity contribution < 1.29 is 9.53 Å². The summed E-state index contributed by atoms with van der Waals surface area (Å²) in [5.74, 6) is 0.736. The summed E-state index contributed by atoms with van der Waals surface area (Å²) in [6.45, 7) is 10.7. The lowest BCUT2D eigenvalue weighted by Gasteiger charge is -2.25. The smallest absolute Gasteiger partial charge is 0.408 e. The third kappa shape index (κ3) is 3.61. The van der Waals surface area contributed by atoms with Crippen LogP contribution in [0.5, 0.6) is 0 Å². The van der Waals surface area contributed by atoms with Crippen molar-refractivity contribution in [3.05, 3.63) is 35.9 Å². The predicted octanol–water partition coefficient (Wildman–Crippen LogP) is 3.48. The molecular formula is C18H28N2O2. The highest BCUT2D eigenvalue weighted by Gasteiger charge is 2.60. The highest BCUT2D eigenvalue weighted by molar-refractivity contribution is 5.68. The molecule has 1 aliphatic carbocycles. The first-order valence-electron chi connectivity index (χ1n) is 7.91. The maximum atomic E-state index is 12.2. The molecule has 1 saturated carbocycles. The fraction of sp³-hybridized carbons (Fsp3) is 0.611. The number of hydrogen-bond donors (Lipinski definition) is 2. The van der Waals surface area contributed by atoms with Crippen molar-refractivity contribution in [2.24, 2.45) is 23.0 Å². The predicted molar refractivity (Wildman–Crippen MR) is 88.4 cm³/mol. The largest absolute Gasteiger partial charge is 0.444 e. The first-order valence-corrected chi connectivity index (χ1v) is 7.91. The van der Waals surface area contributed by atoms with Crippen LogP contribution in [0.4, 0.5) is 4.79 Å². The number of rotatable bonds is 4. The quantitative estimate of drug-likeness (QED) is 0.895. The van der Waals surface area contributed by atoms with Gasteiger partial charge in [-0.25, -0.2) is 4.79 Å². The van der Waals surface area contributed by atoms with Crippen LogP contribution in [0.2, 0.25) is 0 Å². The number of carbonyl (C=O) groups is 1. The Morgan fingerprint density at radius 1 is 1.32 bits per heavy atom. The third-order valence-electron chi connectivity index (χ3n) is 4.58. The van der Waals surface area contributed by atoms with E-state index in [0.717, 1.165) is 5.56 Å². The number of hydrogen-bond acceptors (Lipinski definition) is 3. The molecule has 0 radical (unpaired) electrons. The molecule has 4 heteroatoms. The van der Waals surface area contributed by atoms with Crippen molar-refractivity contribution in [1.82, 2.24) is 5.32 Å². The van der Waals surface area contributed by atoms with Crippen LogP contribution in [0, 0.1) is 17.3 Å². The van der Waals surface area contributed by atoms with Gasteiger partial charge in [0.05, 0.1) is 6.04 Å². The molecule has 3 N–H and O–H groups in total. The monoisotopic (exact) mass is 304 g/mol. The van der Waals surface area contributed by atoms with E-state index in [0.29, 0.717) is 18.4 Å². The van der Waals surface area contributed by atoms with Gasteiger partial charge in [-0.3, -0.25) is 0 Å². The molecule has 0 aliphatic heterocycles. The van der Waals surface area contributed by atoms with Gasteiger partial charge in [0.15, 0.2) is 0 Å². The van der Waals surface area contributed by atoms with E-state index in [1.807, 2.05) is 51.1 Å². The second kappa shape index (κ2) is 5.92. The van der Waals surface area contributed by atoms with Gasteiger partial charge >= 0.3 is 6.09 Å².